The highest BCUT2D eigenvalue weighted by Gasteiger charge is 2.34. The summed E-state index contributed by atoms with van der Waals surface area (Å²) in [5.41, 5.74) is 0. The summed E-state index contributed by atoms with van der Waals surface area (Å²) in [7, 11) is 0. The maximum atomic E-state index is 11.6. The molecule has 1 N–H and O–H groups in total. The van der Waals surface area contributed by atoms with E-state index >= 15 is 0 Å². The SMILES string of the molecule is O=C(CCCl)N1C[C@@H](O)[C@@H](n2ccnc2)C1. The molecular weight excluding hydrogens is 230 g/mol. The number of β-amino-alcohol motifs (C(OH)–C–C–N with tert-alkyl or cyclic N) is 1. The summed E-state index contributed by atoms with van der Waals surface area (Å²) in [6.45, 7) is 0.895. The van der Waals surface area contributed by atoms with Crippen LogP contribution in [0.25, 0.3) is 0 Å². The van der Waals surface area contributed by atoms with Crippen LogP contribution in [0.15, 0.2) is 18.7 Å². The van der Waals surface area contributed by atoms with Crippen molar-refractivity contribution in [1.82, 2.24) is 14.5 Å². The lowest BCUT2D eigenvalue weighted by Gasteiger charge is -2.15. The minimum atomic E-state index is -0.534. The number of rotatable bonds is 3. The Bertz CT molecular complexity index is 355. The van der Waals surface area contributed by atoms with E-state index in [1.165, 1.54) is 0 Å². The van der Waals surface area contributed by atoms with Crippen molar-refractivity contribution >= 4 is 17.5 Å². The Morgan fingerprint density at radius 2 is 2.38 bits per heavy atom. The second-order valence-electron chi connectivity index (χ2n) is 3.88. The van der Waals surface area contributed by atoms with Crippen molar-refractivity contribution in [3.05, 3.63) is 18.7 Å². The molecular formula is C10H14ClN3O2. The van der Waals surface area contributed by atoms with Crippen LogP contribution >= 0.6 is 11.6 Å². The number of halogens is 1. The van der Waals surface area contributed by atoms with Gasteiger partial charge in [0.1, 0.15) is 0 Å². The molecule has 1 saturated heterocycles. The average Bonchev–Trinajstić information content (AvgIpc) is 2.86. The number of likely N-dealkylation sites (tertiary alicyclic amines) is 1. The monoisotopic (exact) mass is 243 g/mol. The zero-order chi connectivity index (χ0) is 11.5. The molecule has 1 fully saturated rings. The van der Waals surface area contributed by atoms with E-state index in [4.69, 9.17) is 11.6 Å². The lowest BCUT2D eigenvalue weighted by atomic mass is 10.2. The molecule has 0 saturated carbocycles. The molecule has 1 aliphatic rings. The van der Waals surface area contributed by atoms with Gasteiger partial charge in [0, 0.05) is 37.8 Å². The van der Waals surface area contributed by atoms with Crippen molar-refractivity contribution in [2.75, 3.05) is 19.0 Å². The number of amides is 1. The van der Waals surface area contributed by atoms with Crippen LogP contribution in [0.5, 0.6) is 0 Å². The molecule has 6 heteroatoms. The van der Waals surface area contributed by atoms with Crippen LogP contribution in [-0.2, 0) is 4.79 Å². The maximum absolute atomic E-state index is 11.6. The number of aliphatic hydroxyl groups is 1. The number of hydrogen-bond acceptors (Lipinski definition) is 3. The summed E-state index contributed by atoms with van der Waals surface area (Å²) in [5, 5.41) is 9.87. The highest BCUT2D eigenvalue weighted by molar-refractivity contribution is 6.18. The van der Waals surface area contributed by atoms with Gasteiger partial charge in [-0.3, -0.25) is 4.79 Å². The Morgan fingerprint density at radius 1 is 1.56 bits per heavy atom. The lowest BCUT2D eigenvalue weighted by Crippen LogP contribution is -2.29. The molecule has 1 aliphatic heterocycles. The van der Waals surface area contributed by atoms with E-state index < -0.39 is 6.10 Å². The van der Waals surface area contributed by atoms with Gasteiger partial charge in [-0.1, -0.05) is 0 Å². The van der Waals surface area contributed by atoms with Gasteiger partial charge in [0.05, 0.1) is 18.5 Å². The molecule has 0 aliphatic carbocycles. The smallest absolute Gasteiger partial charge is 0.223 e. The van der Waals surface area contributed by atoms with Gasteiger partial charge < -0.3 is 14.6 Å². The molecule has 2 heterocycles. The standard InChI is InChI=1S/C10H14ClN3O2/c11-2-1-10(16)14-5-8(9(15)6-14)13-4-3-12-7-13/h3-4,7-9,15H,1-2,5-6H2/t8-,9+/m0/s1. The van der Waals surface area contributed by atoms with Crippen LogP contribution in [0.2, 0.25) is 0 Å². The van der Waals surface area contributed by atoms with Gasteiger partial charge in [0.25, 0.3) is 0 Å². The fourth-order valence-electron chi connectivity index (χ4n) is 1.97. The maximum Gasteiger partial charge on any atom is 0.223 e. The Morgan fingerprint density at radius 3 is 3.00 bits per heavy atom. The van der Waals surface area contributed by atoms with Gasteiger partial charge in [-0.15, -0.1) is 11.6 Å². The van der Waals surface area contributed by atoms with E-state index in [0.717, 1.165) is 0 Å². The molecule has 0 radical (unpaired) electrons. The quantitative estimate of drug-likeness (QED) is 0.775. The predicted molar refractivity (Wildman–Crippen MR) is 59.2 cm³/mol. The number of nitrogens with zero attached hydrogens (tertiary/aromatic N) is 3. The third-order valence-electron chi connectivity index (χ3n) is 2.83. The molecule has 16 heavy (non-hydrogen) atoms. The van der Waals surface area contributed by atoms with Crippen molar-refractivity contribution in [1.29, 1.82) is 0 Å². The first-order valence-corrected chi connectivity index (χ1v) is 5.75. The summed E-state index contributed by atoms with van der Waals surface area (Å²) in [6.07, 6.45) is 4.90. The molecule has 88 valence electrons. The number of imidazole rings is 1. The Labute approximate surface area is 98.6 Å². The third-order valence-corrected chi connectivity index (χ3v) is 3.02. The largest absolute Gasteiger partial charge is 0.389 e. The van der Waals surface area contributed by atoms with E-state index in [1.54, 1.807) is 23.6 Å². The third kappa shape index (κ3) is 2.20. The molecule has 0 spiro atoms. The molecule has 2 rings (SSSR count). The van der Waals surface area contributed by atoms with Gasteiger partial charge >= 0.3 is 0 Å². The summed E-state index contributed by atoms with van der Waals surface area (Å²) < 4.78 is 1.83. The van der Waals surface area contributed by atoms with E-state index in [1.807, 2.05) is 4.57 Å². The topological polar surface area (TPSA) is 58.4 Å². The zero-order valence-corrected chi connectivity index (χ0v) is 9.55. The number of carbonyl (C=O) groups excluding carboxylic acids is 1. The van der Waals surface area contributed by atoms with Gasteiger partial charge in [0.15, 0.2) is 0 Å². The van der Waals surface area contributed by atoms with Crippen molar-refractivity contribution in [2.45, 2.75) is 18.6 Å². The number of alkyl halides is 1. The molecule has 2 atom stereocenters. The van der Waals surface area contributed by atoms with Crippen LogP contribution in [-0.4, -0.2) is 50.5 Å². The normalized spacial score (nSPS) is 25.0. The summed E-state index contributed by atoms with van der Waals surface area (Å²) in [6, 6.07) is -0.0956. The molecule has 0 unspecified atom stereocenters. The van der Waals surface area contributed by atoms with Crippen LogP contribution < -0.4 is 0 Å². The van der Waals surface area contributed by atoms with Crippen molar-refractivity contribution < 1.29 is 9.90 Å². The molecule has 1 aromatic heterocycles. The summed E-state index contributed by atoms with van der Waals surface area (Å²) in [5.74, 6) is 0.318. The number of carbonyl (C=O) groups is 1. The molecule has 0 aromatic carbocycles. The van der Waals surface area contributed by atoms with Crippen LogP contribution in [0.1, 0.15) is 12.5 Å². The highest BCUT2D eigenvalue weighted by atomic mass is 35.5. The number of aliphatic hydroxyl groups excluding tert-OH is 1. The first-order valence-electron chi connectivity index (χ1n) is 5.21. The Kier molecular flexibility index (Phi) is 3.46. The first-order chi connectivity index (χ1) is 7.72. The molecule has 1 amide bonds. The predicted octanol–water partition coefficient (Wildman–Crippen LogP) is 0.256. The van der Waals surface area contributed by atoms with E-state index in [9.17, 15) is 9.90 Å². The molecule has 0 bridgehead atoms. The first kappa shape index (κ1) is 11.4. The lowest BCUT2D eigenvalue weighted by molar-refractivity contribution is -0.130. The fraction of sp³-hybridized carbons (Fsp3) is 0.600. The molecule has 5 nitrogen and oxygen atoms in total. The van der Waals surface area contributed by atoms with Crippen molar-refractivity contribution in [3.8, 4) is 0 Å². The van der Waals surface area contributed by atoms with E-state index in [0.29, 0.717) is 25.4 Å². The van der Waals surface area contributed by atoms with Gasteiger partial charge in [-0.25, -0.2) is 4.98 Å². The average molecular weight is 244 g/mol. The van der Waals surface area contributed by atoms with Crippen LogP contribution in [0.4, 0.5) is 0 Å². The second-order valence-corrected chi connectivity index (χ2v) is 4.26. The molecule has 1 aromatic rings. The minimum Gasteiger partial charge on any atom is -0.389 e. The van der Waals surface area contributed by atoms with E-state index in [2.05, 4.69) is 4.98 Å². The Hall–Kier alpha value is -1.07. The summed E-state index contributed by atoms with van der Waals surface area (Å²) in [4.78, 5) is 17.2. The van der Waals surface area contributed by atoms with Gasteiger partial charge in [-0.2, -0.15) is 0 Å². The van der Waals surface area contributed by atoms with Crippen molar-refractivity contribution in [3.63, 3.8) is 0 Å². The fourth-order valence-corrected chi connectivity index (χ4v) is 2.13. The van der Waals surface area contributed by atoms with Gasteiger partial charge in [0.2, 0.25) is 5.91 Å². The zero-order valence-electron chi connectivity index (χ0n) is 8.79. The van der Waals surface area contributed by atoms with E-state index in [-0.39, 0.29) is 11.9 Å². The Balaban J connectivity index is 2.02. The second kappa shape index (κ2) is 4.84. The summed E-state index contributed by atoms with van der Waals surface area (Å²) >= 11 is 5.52. The highest BCUT2D eigenvalue weighted by Crippen LogP contribution is 2.22. The number of aromatic nitrogens is 2. The van der Waals surface area contributed by atoms with Gasteiger partial charge in [-0.05, 0) is 0 Å². The van der Waals surface area contributed by atoms with Crippen LogP contribution in [0, 0.1) is 0 Å². The van der Waals surface area contributed by atoms with Crippen LogP contribution in [0.3, 0.4) is 0 Å². The van der Waals surface area contributed by atoms with Crippen molar-refractivity contribution in [2.24, 2.45) is 0 Å². The number of hydrogen-bond donors (Lipinski definition) is 1. The minimum absolute atomic E-state index is 0.00309.